The van der Waals surface area contributed by atoms with Gasteiger partial charge in [-0.3, -0.25) is 0 Å². The molecule has 0 spiro atoms. The number of hydrogen-bond acceptors (Lipinski definition) is 3. The molecule has 3 nitrogen and oxygen atoms in total. The van der Waals surface area contributed by atoms with E-state index in [0.717, 1.165) is 6.21 Å². The van der Waals surface area contributed by atoms with Crippen molar-refractivity contribution in [2.45, 2.75) is 0 Å². The fourth-order valence-corrected chi connectivity index (χ4v) is 0.632. The van der Waals surface area contributed by atoms with Crippen LogP contribution in [0, 0.1) is 5.41 Å². The Labute approximate surface area is 54.3 Å². The van der Waals surface area contributed by atoms with Crippen LogP contribution in [0.25, 0.3) is 0 Å². The van der Waals surface area contributed by atoms with E-state index in [2.05, 4.69) is 25.6 Å². The van der Waals surface area contributed by atoms with Crippen molar-refractivity contribution in [3.05, 3.63) is 16.4 Å². The van der Waals surface area contributed by atoms with Crippen LogP contribution < -0.4 is 0 Å². The zero-order valence-corrected chi connectivity index (χ0v) is 5.47. The number of nitrogens with one attached hydrogen (secondary N) is 1. The minimum Gasteiger partial charge on any atom is -0.354 e. The van der Waals surface area contributed by atoms with E-state index in [9.17, 15) is 0 Å². The summed E-state index contributed by atoms with van der Waals surface area (Å²) in [5, 5.41) is 10.2. The summed E-state index contributed by atoms with van der Waals surface area (Å²) in [6, 6.07) is 1.62. The molecule has 8 heavy (non-hydrogen) atoms. The van der Waals surface area contributed by atoms with E-state index >= 15 is 0 Å². The molecule has 0 amide bonds. The van der Waals surface area contributed by atoms with Gasteiger partial charge >= 0.3 is 0 Å². The Balaban J connectivity index is 3.00. The minimum atomic E-state index is 0.455. The summed E-state index contributed by atoms with van der Waals surface area (Å²) < 4.78 is 5.19. The van der Waals surface area contributed by atoms with Gasteiger partial charge in [-0.2, -0.15) is 0 Å². The molecule has 0 aliphatic rings. The molecule has 0 radical (unpaired) electrons. The van der Waals surface area contributed by atoms with Gasteiger partial charge in [0.15, 0.2) is 5.76 Å². The zero-order valence-electron chi connectivity index (χ0n) is 3.89. The molecule has 42 valence electrons. The molecule has 4 heteroatoms. The molecule has 0 unspecified atom stereocenters. The maximum Gasteiger partial charge on any atom is 0.178 e. The molecule has 1 aromatic rings. The second kappa shape index (κ2) is 2.09. The SMILES string of the molecule is N=Cc1cc(Br)no1. The van der Waals surface area contributed by atoms with Crippen molar-refractivity contribution < 1.29 is 4.52 Å². The van der Waals surface area contributed by atoms with Crippen LogP contribution in [0.2, 0.25) is 0 Å². The first kappa shape index (κ1) is 5.50. The lowest BCUT2D eigenvalue weighted by Gasteiger charge is -1.68. The second-order valence-electron chi connectivity index (χ2n) is 1.20. The highest BCUT2D eigenvalue weighted by Gasteiger charge is 1.93. The van der Waals surface area contributed by atoms with Gasteiger partial charge in [0.2, 0.25) is 0 Å². The van der Waals surface area contributed by atoms with Gasteiger partial charge in [0.1, 0.15) is 4.60 Å². The third kappa shape index (κ3) is 0.949. The summed E-state index contributed by atoms with van der Waals surface area (Å²) in [6.45, 7) is 0. The molecule has 1 aromatic heterocycles. The average molecular weight is 175 g/mol. The third-order valence-corrected chi connectivity index (χ3v) is 1.02. The van der Waals surface area contributed by atoms with Crippen LogP contribution in [0.5, 0.6) is 0 Å². The molecule has 0 aliphatic carbocycles. The maximum absolute atomic E-state index is 6.68. The predicted octanol–water partition coefficient (Wildman–Crippen LogP) is 1.43. The average Bonchev–Trinajstić information content (AvgIpc) is 2.14. The third-order valence-electron chi connectivity index (χ3n) is 0.642. The van der Waals surface area contributed by atoms with Crippen LogP contribution in [0.4, 0.5) is 0 Å². The monoisotopic (exact) mass is 174 g/mol. The molecular formula is C4H3BrN2O. The second-order valence-corrected chi connectivity index (χ2v) is 2.01. The van der Waals surface area contributed by atoms with Crippen molar-refractivity contribution in [2.75, 3.05) is 0 Å². The Morgan fingerprint density at radius 1 is 1.88 bits per heavy atom. The van der Waals surface area contributed by atoms with Gasteiger partial charge in [-0.15, -0.1) is 0 Å². The number of halogens is 1. The van der Waals surface area contributed by atoms with E-state index < -0.39 is 0 Å². The first-order valence-corrected chi connectivity index (χ1v) is 2.75. The summed E-state index contributed by atoms with van der Waals surface area (Å²) in [4.78, 5) is 0. The van der Waals surface area contributed by atoms with E-state index in [-0.39, 0.29) is 0 Å². The molecule has 0 fully saturated rings. The van der Waals surface area contributed by atoms with Gasteiger partial charge in [0.05, 0.1) is 6.21 Å². The molecular weight excluding hydrogens is 172 g/mol. The van der Waals surface area contributed by atoms with Crippen molar-refractivity contribution in [3.8, 4) is 0 Å². The normalized spacial score (nSPS) is 9.12. The molecule has 0 aromatic carbocycles. The van der Waals surface area contributed by atoms with Crippen molar-refractivity contribution in [2.24, 2.45) is 0 Å². The summed E-state index contributed by atoms with van der Waals surface area (Å²) in [6.07, 6.45) is 1.10. The Hall–Kier alpha value is -0.640. The minimum absolute atomic E-state index is 0.455. The van der Waals surface area contributed by atoms with Crippen LogP contribution in [0.15, 0.2) is 15.2 Å². The summed E-state index contributed by atoms with van der Waals surface area (Å²) >= 11 is 3.06. The topological polar surface area (TPSA) is 49.9 Å². The van der Waals surface area contributed by atoms with Crippen molar-refractivity contribution >= 4 is 22.1 Å². The summed E-state index contributed by atoms with van der Waals surface area (Å²) in [7, 11) is 0. The first-order chi connectivity index (χ1) is 3.83. The highest BCUT2D eigenvalue weighted by atomic mass is 79.9. The van der Waals surface area contributed by atoms with Crippen LogP contribution in [-0.2, 0) is 0 Å². The van der Waals surface area contributed by atoms with E-state index in [1.165, 1.54) is 0 Å². The van der Waals surface area contributed by atoms with E-state index in [1.807, 2.05) is 0 Å². The van der Waals surface area contributed by atoms with Crippen LogP contribution in [0.3, 0.4) is 0 Å². The Kier molecular flexibility index (Phi) is 1.43. The number of aromatic nitrogens is 1. The molecule has 0 aliphatic heterocycles. The van der Waals surface area contributed by atoms with Crippen LogP contribution in [0.1, 0.15) is 5.76 Å². The maximum atomic E-state index is 6.68. The summed E-state index contributed by atoms with van der Waals surface area (Å²) in [5.41, 5.74) is 0. The fraction of sp³-hybridized carbons (Fsp3) is 0. The lowest BCUT2D eigenvalue weighted by Crippen LogP contribution is -1.66. The fourth-order valence-electron chi connectivity index (χ4n) is 0.334. The molecule has 1 rings (SSSR count). The first-order valence-electron chi connectivity index (χ1n) is 1.95. The molecule has 1 N–H and O–H groups in total. The zero-order chi connectivity index (χ0) is 5.98. The van der Waals surface area contributed by atoms with Crippen LogP contribution in [-0.4, -0.2) is 11.4 Å². The van der Waals surface area contributed by atoms with Gasteiger partial charge in [-0.05, 0) is 15.9 Å². The van der Waals surface area contributed by atoms with E-state index in [0.29, 0.717) is 10.4 Å². The molecule has 1 heterocycles. The van der Waals surface area contributed by atoms with Crippen LogP contribution >= 0.6 is 15.9 Å². The van der Waals surface area contributed by atoms with Crippen molar-refractivity contribution in [3.63, 3.8) is 0 Å². The van der Waals surface area contributed by atoms with Crippen molar-refractivity contribution in [1.29, 1.82) is 5.41 Å². The molecule has 0 atom stereocenters. The number of nitrogens with zero attached hydrogens (tertiary/aromatic N) is 1. The van der Waals surface area contributed by atoms with Crippen molar-refractivity contribution in [1.82, 2.24) is 5.16 Å². The highest BCUT2D eigenvalue weighted by molar-refractivity contribution is 9.10. The van der Waals surface area contributed by atoms with Gasteiger partial charge < -0.3 is 9.93 Å². The molecule has 0 bridgehead atoms. The lowest BCUT2D eigenvalue weighted by atomic mass is 10.5. The highest BCUT2D eigenvalue weighted by Crippen LogP contribution is 2.06. The Bertz CT molecular complexity index is 196. The van der Waals surface area contributed by atoms with Gasteiger partial charge in [0.25, 0.3) is 0 Å². The molecule has 0 saturated carbocycles. The largest absolute Gasteiger partial charge is 0.354 e. The van der Waals surface area contributed by atoms with Gasteiger partial charge in [-0.25, -0.2) is 0 Å². The van der Waals surface area contributed by atoms with E-state index in [4.69, 9.17) is 5.41 Å². The predicted molar refractivity (Wildman–Crippen MR) is 32.1 cm³/mol. The quantitative estimate of drug-likeness (QED) is 0.656. The Morgan fingerprint density at radius 2 is 2.62 bits per heavy atom. The number of hydrogen-bond donors (Lipinski definition) is 1. The molecule has 0 saturated heterocycles. The number of rotatable bonds is 1. The smallest absolute Gasteiger partial charge is 0.178 e. The van der Waals surface area contributed by atoms with Gasteiger partial charge in [0, 0.05) is 6.07 Å². The lowest BCUT2D eigenvalue weighted by molar-refractivity contribution is 0.411. The van der Waals surface area contributed by atoms with E-state index in [1.54, 1.807) is 6.07 Å². The standard InChI is InChI=1S/C4H3BrN2O/c5-4-1-3(2-6)8-7-4/h1-2,6H. The Morgan fingerprint density at radius 3 is 2.88 bits per heavy atom. The van der Waals surface area contributed by atoms with Gasteiger partial charge in [-0.1, -0.05) is 5.16 Å². The summed E-state index contributed by atoms with van der Waals surface area (Å²) in [5.74, 6) is 0.455.